The molecule has 0 bridgehead atoms. The molecule has 0 aliphatic rings. The summed E-state index contributed by atoms with van der Waals surface area (Å²) < 4.78 is 5.21. The molecule has 0 aromatic rings. The summed E-state index contributed by atoms with van der Waals surface area (Å²) in [6.07, 6.45) is 0.687. The molecule has 0 radical (unpaired) electrons. The Morgan fingerprint density at radius 2 is 1.52 bits per heavy atom. The highest BCUT2D eigenvalue weighted by molar-refractivity contribution is 5.87. The molecule has 0 saturated heterocycles. The minimum Gasteiger partial charge on any atom is -0.459 e. The lowest BCUT2D eigenvalue weighted by molar-refractivity contribution is -0.143. The summed E-state index contributed by atoms with van der Waals surface area (Å²) in [6, 6.07) is -0.263. The van der Waals surface area contributed by atoms with E-state index >= 15 is 0 Å². The molecule has 0 heterocycles. The smallest absolute Gasteiger partial charge is 0.333 e. The number of carbonyl (C=O) groups is 3. The molecule has 0 rings (SSSR count). The van der Waals surface area contributed by atoms with E-state index in [1.807, 2.05) is 6.92 Å². The first-order chi connectivity index (χ1) is 9.61. The second kappa shape index (κ2) is 9.15. The van der Waals surface area contributed by atoms with E-state index in [1.54, 1.807) is 13.8 Å². The van der Waals surface area contributed by atoms with E-state index in [4.69, 9.17) is 4.74 Å². The van der Waals surface area contributed by atoms with Gasteiger partial charge in [0.15, 0.2) is 0 Å². The van der Waals surface area contributed by atoms with Crippen molar-refractivity contribution in [2.24, 2.45) is 0 Å². The van der Waals surface area contributed by atoms with Gasteiger partial charge in [-0.2, -0.15) is 0 Å². The number of hydrogen-bond acceptors (Lipinski definition) is 4. The summed E-state index contributed by atoms with van der Waals surface area (Å²) in [6.45, 7) is 11.6. The zero-order chi connectivity index (χ0) is 16.6. The van der Waals surface area contributed by atoms with Gasteiger partial charge in [0.05, 0.1) is 0 Å². The average Bonchev–Trinajstić information content (AvgIpc) is 2.25. The predicted octanol–water partition coefficient (Wildman–Crippen LogP) is 1.30. The van der Waals surface area contributed by atoms with Gasteiger partial charge in [-0.25, -0.2) is 4.79 Å². The van der Waals surface area contributed by atoms with Crippen molar-refractivity contribution < 1.29 is 19.1 Å². The maximum absolute atomic E-state index is 11.5. The Kier molecular flexibility index (Phi) is 8.35. The highest BCUT2D eigenvalue weighted by atomic mass is 16.5. The molecule has 6 nitrogen and oxygen atoms in total. The minimum absolute atomic E-state index is 0.0802. The van der Waals surface area contributed by atoms with Crippen LogP contribution in [0.1, 0.15) is 47.5 Å². The van der Waals surface area contributed by atoms with Crippen molar-refractivity contribution >= 4 is 17.8 Å². The number of hydrogen-bond donors (Lipinski definition) is 2. The maximum atomic E-state index is 11.5. The van der Waals surface area contributed by atoms with Crippen molar-refractivity contribution in [3.05, 3.63) is 12.2 Å². The second-order valence-corrected chi connectivity index (χ2v) is 5.47. The van der Waals surface area contributed by atoms with Crippen LogP contribution < -0.4 is 10.6 Å². The molecule has 0 fully saturated rings. The third-order valence-corrected chi connectivity index (χ3v) is 2.77. The molecular formula is C15H26N2O4. The summed E-state index contributed by atoms with van der Waals surface area (Å²) in [7, 11) is 0. The second-order valence-electron chi connectivity index (χ2n) is 5.47. The molecule has 0 aliphatic carbocycles. The molecule has 120 valence electrons. The van der Waals surface area contributed by atoms with E-state index in [0.717, 1.165) is 0 Å². The van der Waals surface area contributed by atoms with Gasteiger partial charge in [-0.05, 0) is 27.2 Å². The first kappa shape index (κ1) is 19.1. The molecule has 3 unspecified atom stereocenters. The molecule has 6 heteroatoms. The lowest BCUT2D eigenvalue weighted by Gasteiger charge is -2.25. The van der Waals surface area contributed by atoms with Crippen molar-refractivity contribution in [2.75, 3.05) is 0 Å². The molecule has 0 aliphatic heterocycles. The minimum atomic E-state index is -0.445. The summed E-state index contributed by atoms with van der Waals surface area (Å²) in [5.74, 6) is -0.724. The van der Waals surface area contributed by atoms with E-state index < -0.39 is 5.97 Å². The van der Waals surface area contributed by atoms with Gasteiger partial charge in [0.2, 0.25) is 11.8 Å². The predicted molar refractivity (Wildman–Crippen MR) is 80.5 cm³/mol. The van der Waals surface area contributed by atoms with Crippen molar-refractivity contribution in [3.63, 3.8) is 0 Å². The topological polar surface area (TPSA) is 84.5 Å². The van der Waals surface area contributed by atoms with Crippen molar-refractivity contribution in [1.29, 1.82) is 0 Å². The quantitative estimate of drug-likeness (QED) is 0.522. The summed E-state index contributed by atoms with van der Waals surface area (Å²) in [4.78, 5) is 33.7. The monoisotopic (exact) mass is 298 g/mol. The molecule has 0 aromatic carbocycles. The standard InChI is InChI=1S/C15H26N2O4/c1-9(2)15(20)21-11(4)8-14(17-13(6)19)7-10(3)16-12(5)18/h10-11,14H,1,7-8H2,2-6H3,(H,16,18)(H,17,19). The zero-order valence-electron chi connectivity index (χ0n) is 13.5. The van der Waals surface area contributed by atoms with Crippen LogP contribution in [-0.4, -0.2) is 36.0 Å². The normalized spacial score (nSPS) is 14.5. The lowest BCUT2D eigenvalue weighted by atomic mass is 10.0. The number of amides is 2. The van der Waals surface area contributed by atoms with Gasteiger partial charge >= 0.3 is 5.97 Å². The van der Waals surface area contributed by atoms with E-state index in [0.29, 0.717) is 18.4 Å². The summed E-state index contributed by atoms with van der Waals surface area (Å²) in [5.41, 5.74) is 0.338. The van der Waals surface area contributed by atoms with Crippen LogP contribution in [0.2, 0.25) is 0 Å². The van der Waals surface area contributed by atoms with E-state index in [9.17, 15) is 14.4 Å². The van der Waals surface area contributed by atoms with Gasteiger partial charge in [-0.3, -0.25) is 9.59 Å². The number of nitrogens with one attached hydrogen (secondary N) is 2. The largest absolute Gasteiger partial charge is 0.459 e. The van der Waals surface area contributed by atoms with Gasteiger partial charge < -0.3 is 15.4 Å². The third kappa shape index (κ3) is 9.65. The molecule has 2 N–H and O–H groups in total. The Morgan fingerprint density at radius 1 is 1.00 bits per heavy atom. The SMILES string of the molecule is C=C(C)C(=O)OC(C)CC(CC(C)NC(C)=O)NC(C)=O. The van der Waals surface area contributed by atoms with Gasteiger partial charge in [0, 0.05) is 37.9 Å². The zero-order valence-corrected chi connectivity index (χ0v) is 13.5. The first-order valence-corrected chi connectivity index (χ1v) is 7.02. The molecular weight excluding hydrogens is 272 g/mol. The molecule has 2 amide bonds. The number of rotatable bonds is 8. The van der Waals surface area contributed by atoms with E-state index in [1.165, 1.54) is 13.8 Å². The van der Waals surface area contributed by atoms with E-state index in [-0.39, 0.29) is 30.0 Å². The fraction of sp³-hybridized carbons (Fsp3) is 0.667. The summed E-state index contributed by atoms with van der Waals surface area (Å²) in [5, 5.41) is 5.58. The third-order valence-electron chi connectivity index (χ3n) is 2.77. The van der Waals surface area contributed by atoms with Crippen LogP contribution in [0.25, 0.3) is 0 Å². The van der Waals surface area contributed by atoms with Crippen LogP contribution in [0.5, 0.6) is 0 Å². The number of carbonyl (C=O) groups excluding carboxylic acids is 3. The fourth-order valence-corrected chi connectivity index (χ4v) is 2.07. The first-order valence-electron chi connectivity index (χ1n) is 7.02. The van der Waals surface area contributed by atoms with Crippen LogP contribution >= 0.6 is 0 Å². The van der Waals surface area contributed by atoms with Gasteiger partial charge in [-0.15, -0.1) is 0 Å². The average molecular weight is 298 g/mol. The van der Waals surface area contributed by atoms with Crippen LogP contribution in [0.4, 0.5) is 0 Å². The Labute approximate surface area is 126 Å². The Hall–Kier alpha value is -1.85. The maximum Gasteiger partial charge on any atom is 0.333 e. The summed E-state index contributed by atoms with van der Waals surface area (Å²) >= 11 is 0. The van der Waals surface area contributed by atoms with Crippen molar-refractivity contribution in [1.82, 2.24) is 10.6 Å². The van der Waals surface area contributed by atoms with Crippen LogP contribution in [0.15, 0.2) is 12.2 Å². The van der Waals surface area contributed by atoms with Gasteiger partial charge in [0.25, 0.3) is 0 Å². The van der Waals surface area contributed by atoms with Crippen molar-refractivity contribution in [2.45, 2.75) is 65.6 Å². The molecule has 0 aromatic heterocycles. The van der Waals surface area contributed by atoms with Crippen LogP contribution in [-0.2, 0) is 19.1 Å². The van der Waals surface area contributed by atoms with Crippen molar-refractivity contribution in [3.8, 4) is 0 Å². The lowest BCUT2D eigenvalue weighted by Crippen LogP contribution is -2.42. The molecule has 21 heavy (non-hydrogen) atoms. The van der Waals surface area contributed by atoms with E-state index in [2.05, 4.69) is 17.2 Å². The number of esters is 1. The molecule has 0 saturated carbocycles. The van der Waals surface area contributed by atoms with Gasteiger partial charge in [-0.1, -0.05) is 6.58 Å². The van der Waals surface area contributed by atoms with Crippen LogP contribution in [0.3, 0.4) is 0 Å². The fourth-order valence-electron chi connectivity index (χ4n) is 2.07. The highest BCUT2D eigenvalue weighted by Gasteiger charge is 2.20. The van der Waals surface area contributed by atoms with Gasteiger partial charge in [0.1, 0.15) is 6.10 Å². The highest BCUT2D eigenvalue weighted by Crippen LogP contribution is 2.10. The Balaban J connectivity index is 4.53. The Morgan fingerprint density at radius 3 is 1.95 bits per heavy atom. The Bertz CT molecular complexity index is 406. The molecule has 3 atom stereocenters. The number of ether oxygens (including phenoxy) is 1. The molecule has 0 spiro atoms. The van der Waals surface area contributed by atoms with Crippen LogP contribution in [0, 0.1) is 0 Å².